The van der Waals surface area contributed by atoms with Crippen LogP contribution < -0.4 is 0 Å². The highest BCUT2D eigenvalue weighted by Gasteiger charge is 2.35. The van der Waals surface area contributed by atoms with Crippen LogP contribution in [0.3, 0.4) is 0 Å². The summed E-state index contributed by atoms with van der Waals surface area (Å²) in [6.45, 7) is 3.94. The Kier molecular flexibility index (Phi) is 3.12. The summed E-state index contributed by atoms with van der Waals surface area (Å²) in [7, 11) is 0. The molecule has 1 amide bonds. The first kappa shape index (κ1) is 13.5. The molecule has 1 aliphatic rings. The Bertz CT molecular complexity index is 737. The Morgan fingerprint density at radius 3 is 2.90 bits per heavy atom. The van der Waals surface area contributed by atoms with E-state index in [9.17, 15) is 14.7 Å². The summed E-state index contributed by atoms with van der Waals surface area (Å²) in [6.07, 6.45) is 1.18. The predicted molar refractivity (Wildman–Crippen MR) is 73.0 cm³/mol. The zero-order chi connectivity index (χ0) is 15.1. The molecule has 0 unspecified atom stereocenters. The molecule has 1 fully saturated rings. The van der Waals surface area contributed by atoms with E-state index in [4.69, 9.17) is 4.52 Å². The monoisotopic (exact) mass is 289 g/mol. The number of likely N-dealkylation sites (tertiary alicyclic amines) is 1. The summed E-state index contributed by atoms with van der Waals surface area (Å²) in [5.74, 6) is -1.27. The average Bonchev–Trinajstić information content (AvgIpc) is 3.04. The molecule has 0 bridgehead atoms. The van der Waals surface area contributed by atoms with Gasteiger partial charge in [-0.3, -0.25) is 4.79 Å². The number of amides is 1. The molecule has 3 rings (SSSR count). The number of nitrogens with zero attached hydrogens (tertiary/aromatic N) is 3. The fraction of sp³-hybridized carbons (Fsp3) is 0.429. The topological polar surface area (TPSA) is 96.5 Å². The lowest BCUT2D eigenvalue weighted by atomic mass is 10.1. The third-order valence-electron chi connectivity index (χ3n) is 3.77. The van der Waals surface area contributed by atoms with Crippen LogP contribution >= 0.6 is 0 Å². The molecule has 0 aliphatic carbocycles. The van der Waals surface area contributed by atoms with E-state index in [0.29, 0.717) is 47.4 Å². The summed E-state index contributed by atoms with van der Waals surface area (Å²) in [5, 5.41) is 13.6. The second-order valence-electron chi connectivity index (χ2n) is 5.25. The van der Waals surface area contributed by atoms with Crippen molar-refractivity contribution in [3.8, 4) is 0 Å². The maximum absolute atomic E-state index is 12.7. The maximum atomic E-state index is 12.7. The van der Waals surface area contributed by atoms with Crippen molar-refractivity contribution in [1.82, 2.24) is 15.0 Å². The summed E-state index contributed by atoms with van der Waals surface area (Å²) < 4.78 is 5.11. The van der Waals surface area contributed by atoms with Crippen LogP contribution in [0.4, 0.5) is 0 Å². The molecule has 7 nitrogen and oxygen atoms in total. The van der Waals surface area contributed by atoms with Gasteiger partial charge in [0.2, 0.25) is 0 Å². The number of rotatable bonds is 2. The number of hydrogen-bond donors (Lipinski definition) is 1. The molecular formula is C14H15N3O4. The van der Waals surface area contributed by atoms with Gasteiger partial charge in [0.1, 0.15) is 6.04 Å². The molecule has 0 radical (unpaired) electrons. The molecule has 2 aromatic heterocycles. The molecule has 1 saturated heterocycles. The van der Waals surface area contributed by atoms with E-state index in [1.165, 1.54) is 4.90 Å². The number of carbonyl (C=O) groups is 2. The third-order valence-corrected chi connectivity index (χ3v) is 3.77. The number of carboxylic acid groups (broad SMARTS) is 1. The highest BCUT2D eigenvalue weighted by atomic mass is 16.5. The predicted octanol–water partition coefficient (Wildman–Crippen LogP) is 1.53. The van der Waals surface area contributed by atoms with Crippen LogP contribution in [0, 0.1) is 13.8 Å². The lowest BCUT2D eigenvalue weighted by Gasteiger charge is -2.21. The quantitative estimate of drug-likeness (QED) is 0.900. The minimum Gasteiger partial charge on any atom is -0.480 e. The molecule has 21 heavy (non-hydrogen) atoms. The van der Waals surface area contributed by atoms with Gasteiger partial charge in [0, 0.05) is 12.2 Å². The zero-order valence-electron chi connectivity index (χ0n) is 11.8. The highest BCUT2D eigenvalue weighted by Crippen LogP contribution is 2.26. The van der Waals surface area contributed by atoms with E-state index in [1.54, 1.807) is 19.9 Å². The standard InChI is InChI=1S/C14H15N3O4/c1-7-6-9(11-8(2)16-21-12(11)15-7)13(18)17-5-3-4-10(17)14(19)20/h6,10H,3-5H2,1-2H3,(H,19,20)/t10-/m0/s1. The molecule has 0 spiro atoms. The van der Waals surface area contributed by atoms with Gasteiger partial charge >= 0.3 is 5.97 Å². The second-order valence-corrected chi connectivity index (χ2v) is 5.25. The van der Waals surface area contributed by atoms with Crippen LogP contribution in [-0.2, 0) is 4.79 Å². The van der Waals surface area contributed by atoms with E-state index >= 15 is 0 Å². The summed E-state index contributed by atoms with van der Waals surface area (Å²) in [6, 6.07) is 0.896. The van der Waals surface area contributed by atoms with Crippen LogP contribution in [0.15, 0.2) is 10.6 Å². The van der Waals surface area contributed by atoms with Gasteiger partial charge in [-0.15, -0.1) is 0 Å². The largest absolute Gasteiger partial charge is 0.480 e. The Balaban J connectivity index is 2.09. The van der Waals surface area contributed by atoms with Crippen LogP contribution in [0.5, 0.6) is 0 Å². The molecule has 110 valence electrons. The van der Waals surface area contributed by atoms with Gasteiger partial charge in [-0.25, -0.2) is 9.78 Å². The van der Waals surface area contributed by atoms with E-state index in [1.807, 2.05) is 0 Å². The van der Waals surface area contributed by atoms with Gasteiger partial charge in [-0.05, 0) is 32.8 Å². The molecular weight excluding hydrogens is 274 g/mol. The number of aryl methyl sites for hydroxylation is 2. The Labute approximate surface area is 120 Å². The molecule has 1 aliphatic heterocycles. The zero-order valence-corrected chi connectivity index (χ0v) is 11.8. The molecule has 0 aromatic carbocycles. The lowest BCUT2D eigenvalue weighted by Crippen LogP contribution is -2.40. The fourth-order valence-corrected chi connectivity index (χ4v) is 2.81. The van der Waals surface area contributed by atoms with Gasteiger partial charge in [-0.1, -0.05) is 5.16 Å². The SMILES string of the molecule is Cc1cc(C(=O)N2CCC[C@H]2C(=O)O)c2c(C)noc2n1. The molecule has 7 heteroatoms. The van der Waals surface area contributed by atoms with Crippen molar-refractivity contribution in [2.75, 3.05) is 6.54 Å². The summed E-state index contributed by atoms with van der Waals surface area (Å²) in [4.78, 5) is 29.6. The molecule has 3 heterocycles. The summed E-state index contributed by atoms with van der Waals surface area (Å²) >= 11 is 0. The third kappa shape index (κ3) is 2.14. The molecule has 0 saturated carbocycles. The van der Waals surface area contributed by atoms with Gasteiger partial charge < -0.3 is 14.5 Å². The number of aliphatic carboxylic acids is 1. The smallest absolute Gasteiger partial charge is 0.326 e. The van der Waals surface area contributed by atoms with Gasteiger partial charge in [-0.2, -0.15) is 0 Å². The van der Waals surface area contributed by atoms with Crippen molar-refractivity contribution in [3.63, 3.8) is 0 Å². The molecule has 2 aromatic rings. The minimum absolute atomic E-state index is 0.304. The molecule has 1 N–H and O–H groups in total. The van der Waals surface area contributed by atoms with Crippen molar-refractivity contribution in [3.05, 3.63) is 23.0 Å². The van der Waals surface area contributed by atoms with Crippen molar-refractivity contribution < 1.29 is 19.2 Å². The fourth-order valence-electron chi connectivity index (χ4n) is 2.81. The minimum atomic E-state index is -0.968. The Morgan fingerprint density at radius 2 is 2.19 bits per heavy atom. The maximum Gasteiger partial charge on any atom is 0.326 e. The number of hydrogen-bond acceptors (Lipinski definition) is 5. The highest BCUT2D eigenvalue weighted by molar-refractivity contribution is 6.07. The van der Waals surface area contributed by atoms with Crippen molar-refractivity contribution in [1.29, 1.82) is 0 Å². The molecule has 1 atom stereocenters. The van der Waals surface area contributed by atoms with E-state index in [2.05, 4.69) is 10.1 Å². The van der Waals surface area contributed by atoms with Crippen molar-refractivity contribution >= 4 is 23.0 Å². The van der Waals surface area contributed by atoms with E-state index in [0.717, 1.165) is 0 Å². The van der Waals surface area contributed by atoms with E-state index < -0.39 is 12.0 Å². The Hall–Kier alpha value is -2.44. The number of carbonyl (C=O) groups excluding carboxylic acids is 1. The first-order valence-corrected chi connectivity index (χ1v) is 6.76. The summed E-state index contributed by atoms with van der Waals surface area (Å²) in [5.41, 5.74) is 1.92. The van der Waals surface area contributed by atoms with E-state index in [-0.39, 0.29) is 5.91 Å². The number of aromatic nitrogens is 2. The van der Waals surface area contributed by atoms with Crippen LogP contribution in [0.1, 0.15) is 34.6 Å². The van der Waals surface area contributed by atoms with Gasteiger partial charge in [0.25, 0.3) is 11.6 Å². The first-order valence-electron chi connectivity index (χ1n) is 6.76. The first-order chi connectivity index (χ1) is 9.99. The van der Waals surface area contributed by atoms with Crippen molar-refractivity contribution in [2.24, 2.45) is 0 Å². The van der Waals surface area contributed by atoms with Crippen LogP contribution in [0.25, 0.3) is 11.1 Å². The lowest BCUT2D eigenvalue weighted by molar-refractivity contribution is -0.141. The average molecular weight is 289 g/mol. The number of carboxylic acids is 1. The number of pyridine rings is 1. The second kappa shape index (κ2) is 4.83. The normalized spacial score (nSPS) is 18.4. The Morgan fingerprint density at radius 1 is 1.43 bits per heavy atom. The van der Waals surface area contributed by atoms with Crippen LogP contribution in [-0.4, -0.2) is 44.6 Å². The van der Waals surface area contributed by atoms with Crippen molar-refractivity contribution in [2.45, 2.75) is 32.7 Å². The van der Waals surface area contributed by atoms with Crippen LogP contribution in [0.2, 0.25) is 0 Å². The van der Waals surface area contributed by atoms with Gasteiger partial charge in [0.15, 0.2) is 0 Å². The van der Waals surface area contributed by atoms with Gasteiger partial charge in [0.05, 0.1) is 16.6 Å². The number of fused-ring (bicyclic) bond motifs is 1.